The van der Waals surface area contributed by atoms with Gasteiger partial charge in [-0.1, -0.05) is 13.8 Å². The first kappa shape index (κ1) is 24.1. The molecular weight excluding hydrogens is 420 g/mol. The van der Waals surface area contributed by atoms with Gasteiger partial charge in [-0.2, -0.15) is 0 Å². The van der Waals surface area contributed by atoms with Crippen molar-refractivity contribution < 1.29 is 0 Å². The highest BCUT2D eigenvalue weighted by Gasteiger charge is 2.42. The lowest BCUT2D eigenvalue weighted by atomic mass is 9.74. The second kappa shape index (κ2) is 7.22. The third-order valence-electron chi connectivity index (χ3n) is 10.4. The van der Waals surface area contributed by atoms with Gasteiger partial charge in [-0.3, -0.25) is 0 Å². The first-order valence-electron chi connectivity index (χ1n) is 13.2. The Morgan fingerprint density at radius 1 is 0.286 bits per heavy atom. The van der Waals surface area contributed by atoms with Crippen LogP contribution in [0.3, 0.4) is 0 Å². The lowest BCUT2D eigenvalue weighted by Crippen LogP contribution is -2.19. The summed E-state index contributed by atoms with van der Waals surface area (Å²) in [6.45, 7) is 33.1. The predicted octanol–water partition coefficient (Wildman–Crippen LogP) is 10.0. The number of rotatable bonds is 0. The summed E-state index contributed by atoms with van der Waals surface area (Å²) < 4.78 is 0. The van der Waals surface area contributed by atoms with Crippen molar-refractivity contribution in [2.24, 2.45) is 0 Å². The molecule has 0 unspecified atom stereocenters. The summed E-state index contributed by atoms with van der Waals surface area (Å²) in [6, 6.07) is 0. The van der Waals surface area contributed by atoms with Gasteiger partial charge < -0.3 is 0 Å². The molecule has 35 heavy (non-hydrogen) atoms. The summed E-state index contributed by atoms with van der Waals surface area (Å²) in [5, 5.41) is 5.94. The molecule has 0 radical (unpaired) electrons. The maximum Gasteiger partial charge on any atom is 0.0164 e. The number of hydrogen-bond acceptors (Lipinski definition) is 0. The first-order chi connectivity index (χ1) is 16.2. The Morgan fingerprint density at radius 3 is 0.771 bits per heavy atom. The van der Waals surface area contributed by atoms with E-state index in [4.69, 9.17) is 0 Å². The van der Waals surface area contributed by atoms with E-state index in [1.54, 1.807) is 11.1 Å². The first-order valence-corrected chi connectivity index (χ1v) is 13.2. The van der Waals surface area contributed by atoms with Crippen LogP contribution < -0.4 is 0 Å². The van der Waals surface area contributed by atoms with Crippen molar-refractivity contribution in [3.8, 4) is 11.1 Å². The summed E-state index contributed by atoms with van der Waals surface area (Å²) in [4.78, 5) is 0. The van der Waals surface area contributed by atoms with Crippen LogP contribution in [0.15, 0.2) is 0 Å². The number of aryl methyl sites for hydroxylation is 8. The molecule has 0 spiro atoms. The molecule has 5 rings (SSSR count). The highest BCUT2D eigenvalue weighted by Crippen LogP contribution is 2.58. The fourth-order valence-electron chi connectivity index (χ4n) is 8.06. The van der Waals surface area contributed by atoms with Crippen molar-refractivity contribution in [3.05, 3.63) is 77.9 Å². The minimum absolute atomic E-state index is 0.0327. The fraction of sp³-hybridized carbons (Fsp3) is 0.429. The van der Waals surface area contributed by atoms with Crippen LogP contribution in [0.1, 0.15) is 91.7 Å². The van der Waals surface area contributed by atoms with Crippen LogP contribution in [0.5, 0.6) is 0 Å². The maximum absolute atomic E-state index is 2.47. The van der Waals surface area contributed by atoms with Gasteiger partial charge in [0.05, 0.1) is 0 Å². The summed E-state index contributed by atoms with van der Waals surface area (Å²) in [6.07, 6.45) is 0. The topological polar surface area (TPSA) is 0 Å². The third-order valence-corrected chi connectivity index (χ3v) is 10.4. The van der Waals surface area contributed by atoms with Gasteiger partial charge >= 0.3 is 0 Å². The van der Waals surface area contributed by atoms with Crippen LogP contribution in [0.4, 0.5) is 0 Å². The quantitative estimate of drug-likeness (QED) is 0.244. The Bertz CT molecular complexity index is 1530. The van der Waals surface area contributed by atoms with Crippen molar-refractivity contribution in [1.29, 1.82) is 0 Å². The Hall–Kier alpha value is -2.60. The van der Waals surface area contributed by atoms with E-state index in [9.17, 15) is 0 Å². The van der Waals surface area contributed by atoms with Gasteiger partial charge in [-0.25, -0.2) is 0 Å². The van der Waals surface area contributed by atoms with Crippen LogP contribution in [-0.2, 0) is 5.41 Å². The molecule has 0 bridgehead atoms. The van der Waals surface area contributed by atoms with Crippen LogP contribution in [0.2, 0.25) is 0 Å². The van der Waals surface area contributed by atoms with E-state index in [1.165, 1.54) is 99.4 Å². The van der Waals surface area contributed by atoms with Crippen LogP contribution >= 0.6 is 0 Å². The lowest BCUT2D eigenvalue weighted by molar-refractivity contribution is 0.652. The van der Waals surface area contributed by atoms with E-state index < -0.39 is 0 Å². The zero-order chi connectivity index (χ0) is 26.0. The molecule has 182 valence electrons. The average molecular weight is 463 g/mol. The average Bonchev–Trinajstić information content (AvgIpc) is 3.06. The van der Waals surface area contributed by atoms with E-state index in [1.807, 2.05) is 0 Å². The summed E-state index contributed by atoms with van der Waals surface area (Å²) in [5.41, 5.74) is 23.6. The minimum Gasteiger partial charge on any atom is -0.0516 e. The number of fused-ring (bicyclic) bond motifs is 5. The fourth-order valence-corrected chi connectivity index (χ4v) is 8.06. The SMILES string of the molecule is Cc1c(C)c(C)c2c(C)c3c(c(C)c2c1C)-c1c(c(C)c2c(C)c(C)c(C)c(C)c2c1C)C3(C)C. The van der Waals surface area contributed by atoms with E-state index in [2.05, 4.69) is 96.9 Å². The smallest absolute Gasteiger partial charge is 0.0164 e. The van der Waals surface area contributed by atoms with Crippen LogP contribution in [0, 0.1) is 83.1 Å². The van der Waals surface area contributed by atoms with Gasteiger partial charge in [0.25, 0.3) is 0 Å². The van der Waals surface area contributed by atoms with E-state index in [0.29, 0.717) is 0 Å². The lowest BCUT2D eigenvalue weighted by Gasteiger charge is -2.29. The molecule has 1 aliphatic carbocycles. The minimum atomic E-state index is -0.0327. The van der Waals surface area contributed by atoms with E-state index >= 15 is 0 Å². The van der Waals surface area contributed by atoms with Crippen molar-refractivity contribution >= 4 is 21.5 Å². The Morgan fingerprint density at radius 2 is 0.514 bits per heavy atom. The molecule has 0 saturated carbocycles. The monoisotopic (exact) mass is 462 g/mol. The second-order valence-corrected chi connectivity index (χ2v) is 12.1. The molecule has 0 nitrogen and oxygen atoms in total. The van der Waals surface area contributed by atoms with E-state index in [0.717, 1.165) is 0 Å². The molecule has 0 heterocycles. The maximum atomic E-state index is 2.47. The molecule has 0 amide bonds. The zero-order valence-electron chi connectivity index (χ0n) is 24.5. The van der Waals surface area contributed by atoms with Crippen molar-refractivity contribution in [2.45, 2.75) is 102 Å². The largest absolute Gasteiger partial charge is 0.0516 e. The van der Waals surface area contributed by atoms with Crippen LogP contribution in [0.25, 0.3) is 32.7 Å². The highest BCUT2D eigenvalue weighted by molar-refractivity contribution is 6.09. The van der Waals surface area contributed by atoms with Gasteiger partial charge in [0.2, 0.25) is 0 Å². The van der Waals surface area contributed by atoms with Crippen molar-refractivity contribution in [1.82, 2.24) is 0 Å². The normalized spacial score (nSPS) is 14.2. The molecule has 0 fully saturated rings. The van der Waals surface area contributed by atoms with Crippen molar-refractivity contribution in [3.63, 3.8) is 0 Å². The highest BCUT2D eigenvalue weighted by atomic mass is 14.4. The van der Waals surface area contributed by atoms with Crippen LogP contribution in [-0.4, -0.2) is 0 Å². The number of hydrogen-bond donors (Lipinski definition) is 0. The Labute approximate surface area is 212 Å². The van der Waals surface area contributed by atoms with Gasteiger partial charge in [0.1, 0.15) is 0 Å². The molecular formula is C35H42. The molecule has 0 saturated heterocycles. The zero-order valence-corrected chi connectivity index (χ0v) is 24.5. The standard InChI is InChI=1S/C35H42/c1-15-17(3)21(7)29-25(11)33-31(23(9)27(29)19(15)5)32-24(10)28-20(6)16(2)18(4)22(8)30(28)26(12)34(32)35(33,13)14/h1-14H3. The summed E-state index contributed by atoms with van der Waals surface area (Å²) in [5.74, 6) is 0. The Balaban J connectivity index is 2.13. The Kier molecular flexibility index (Phi) is 4.97. The molecule has 4 aromatic rings. The van der Waals surface area contributed by atoms with Gasteiger partial charge in [0.15, 0.2) is 0 Å². The van der Waals surface area contributed by atoms with Gasteiger partial charge in [-0.15, -0.1) is 0 Å². The summed E-state index contributed by atoms with van der Waals surface area (Å²) >= 11 is 0. The number of benzene rings is 4. The molecule has 0 aromatic heterocycles. The molecule has 0 heteroatoms. The molecule has 0 N–H and O–H groups in total. The van der Waals surface area contributed by atoms with Crippen molar-refractivity contribution in [2.75, 3.05) is 0 Å². The molecule has 0 aliphatic heterocycles. The molecule has 0 atom stereocenters. The molecule has 1 aliphatic rings. The third kappa shape index (κ3) is 2.64. The van der Waals surface area contributed by atoms with Gasteiger partial charge in [0, 0.05) is 5.41 Å². The predicted molar refractivity (Wildman–Crippen MR) is 156 cm³/mol. The second-order valence-electron chi connectivity index (χ2n) is 12.1. The molecule has 4 aromatic carbocycles. The van der Waals surface area contributed by atoms with Gasteiger partial charge in [-0.05, 0) is 194 Å². The van der Waals surface area contributed by atoms with E-state index in [-0.39, 0.29) is 5.41 Å². The summed E-state index contributed by atoms with van der Waals surface area (Å²) in [7, 11) is 0.